The van der Waals surface area contributed by atoms with Gasteiger partial charge in [0.2, 0.25) is 0 Å². The lowest BCUT2D eigenvalue weighted by Crippen LogP contribution is -2.15. The summed E-state index contributed by atoms with van der Waals surface area (Å²) in [6, 6.07) is 15.2. The first-order valence-electron chi connectivity index (χ1n) is 7.87. The summed E-state index contributed by atoms with van der Waals surface area (Å²) in [4.78, 5) is 16.9. The summed E-state index contributed by atoms with van der Waals surface area (Å²) in [7, 11) is 0. The minimum atomic E-state index is -0.0725. The van der Waals surface area contributed by atoms with Gasteiger partial charge in [0.05, 0.1) is 11.4 Å². The summed E-state index contributed by atoms with van der Waals surface area (Å²) < 4.78 is 4.87. The second-order valence-corrected chi connectivity index (χ2v) is 8.54. The fourth-order valence-corrected chi connectivity index (χ4v) is 4.77. The highest BCUT2D eigenvalue weighted by atomic mass is 32.2. The summed E-state index contributed by atoms with van der Waals surface area (Å²) in [6.07, 6.45) is 1.80. The van der Waals surface area contributed by atoms with Crippen LogP contribution in [0, 0.1) is 10.9 Å². The van der Waals surface area contributed by atoms with Crippen molar-refractivity contribution in [3.05, 3.63) is 80.3 Å². The monoisotopic (exact) mass is 398 g/mol. The van der Waals surface area contributed by atoms with Gasteiger partial charge in [-0.05, 0) is 42.9 Å². The van der Waals surface area contributed by atoms with Crippen LogP contribution in [-0.4, -0.2) is 19.2 Å². The van der Waals surface area contributed by atoms with Crippen molar-refractivity contribution in [1.82, 2.24) is 19.2 Å². The Kier molecular flexibility index (Phi) is 4.71. The molecule has 0 saturated carbocycles. The van der Waals surface area contributed by atoms with Crippen molar-refractivity contribution in [2.45, 2.75) is 17.0 Å². The molecule has 0 aliphatic rings. The van der Waals surface area contributed by atoms with Crippen molar-refractivity contribution < 1.29 is 0 Å². The molecule has 26 heavy (non-hydrogen) atoms. The third-order valence-electron chi connectivity index (χ3n) is 3.73. The van der Waals surface area contributed by atoms with E-state index in [0.29, 0.717) is 15.4 Å². The van der Waals surface area contributed by atoms with Gasteiger partial charge in [0.1, 0.15) is 5.65 Å². The first-order valence-corrected chi connectivity index (χ1v) is 10.1. The number of hydrogen-bond acceptors (Lipinski definition) is 6. The molecule has 0 spiro atoms. The minimum absolute atomic E-state index is 0.0725. The Balaban J connectivity index is 1.58. The van der Waals surface area contributed by atoms with Gasteiger partial charge >= 0.3 is 0 Å². The van der Waals surface area contributed by atoms with Gasteiger partial charge in [0.25, 0.3) is 5.56 Å². The number of fused-ring (bicyclic) bond motifs is 1. The molecule has 1 aromatic carbocycles. The second-order valence-electron chi connectivity index (χ2n) is 5.69. The zero-order chi connectivity index (χ0) is 18.1. The van der Waals surface area contributed by atoms with Crippen molar-refractivity contribution in [2.24, 2.45) is 0 Å². The van der Waals surface area contributed by atoms with E-state index in [9.17, 15) is 4.79 Å². The van der Waals surface area contributed by atoms with Gasteiger partial charge in [-0.15, -0.1) is 5.10 Å². The van der Waals surface area contributed by atoms with Gasteiger partial charge in [-0.2, -0.15) is 0 Å². The van der Waals surface area contributed by atoms with Crippen molar-refractivity contribution >= 4 is 41.0 Å². The topological polar surface area (TPSA) is 52.2 Å². The number of nitrogens with zero attached hydrogens (tertiary/aromatic N) is 4. The van der Waals surface area contributed by atoms with E-state index in [-0.39, 0.29) is 5.56 Å². The Morgan fingerprint density at radius 2 is 2.00 bits per heavy atom. The maximum absolute atomic E-state index is 12.3. The van der Waals surface area contributed by atoms with E-state index in [1.165, 1.54) is 23.1 Å². The smallest absolute Gasteiger partial charge is 0.258 e. The van der Waals surface area contributed by atoms with Crippen molar-refractivity contribution in [2.75, 3.05) is 0 Å². The summed E-state index contributed by atoms with van der Waals surface area (Å²) in [5.74, 6) is 0.566. The third kappa shape index (κ3) is 3.48. The molecule has 0 radical (unpaired) electrons. The molecule has 8 heteroatoms. The van der Waals surface area contributed by atoms with Gasteiger partial charge in [-0.1, -0.05) is 47.4 Å². The molecule has 0 bridgehead atoms. The highest BCUT2D eigenvalue weighted by Crippen LogP contribution is 2.26. The van der Waals surface area contributed by atoms with Gasteiger partial charge in [0.15, 0.2) is 8.29 Å². The molecule has 0 unspecified atom stereocenters. The molecule has 0 amide bonds. The summed E-state index contributed by atoms with van der Waals surface area (Å²) >= 11 is 8.41. The molecular formula is C18H14N4OS3. The average Bonchev–Trinajstić information content (AvgIpc) is 3.02. The van der Waals surface area contributed by atoms with Crippen molar-refractivity contribution in [3.63, 3.8) is 0 Å². The Labute approximate surface area is 163 Å². The molecule has 0 aliphatic heterocycles. The fourth-order valence-electron chi connectivity index (χ4n) is 2.52. The van der Waals surface area contributed by atoms with E-state index in [1.807, 2.05) is 49.4 Å². The molecule has 3 aromatic heterocycles. The van der Waals surface area contributed by atoms with Crippen LogP contribution in [0.3, 0.4) is 0 Å². The molecular weight excluding hydrogens is 384 g/mol. The van der Waals surface area contributed by atoms with Crippen LogP contribution in [0.4, 0.5) is 0 Å². The Morgan fingerprint density at radius 3 is 2.81 bits per heavy atom. The van der Waals surface area contributed by atoms with Crippen LogP contribution >= 0.6 is 35.3 Å². The number of thioether (sulfide) groups is 1. The predicted molar refractivity (Wildman–Crippen MR) is 108 cm³/mol. The van der Waals surface area contributed by atoms with E-state index in [0.717, 1.165) is 21.3 Å². The molecule has 130 valence electrons. The lowest BCUT2D eigenvalue weighted by Gasteiger charge is -2.04. The largest absolute Gasteiger partial charge is 0.269 e. The maximum Gasteiger partial charge on any atom is 0.258 e. The highest BCUT2D eigenvalue weighted by Gasteiger charge is 2.08. The lowest BCUT2D eigenvalue weighted by atomic mass is 10.3. The fraction of sp³-hybridized carbons (Fsp3) is 0.111. The normalized spacial score (nSPS) is 11.1. The molecule has 3 heterocycles. The third-order valence-corrected chi connectivity index (χ3v) is 6.13. The van der Waals surface area contributed by atoms with Crippen molar-refractivity contribution in [3.8, 4) is 5.69 Å². The quantitative estimate of drug-likeness (QED) is 0.379. The van der Waals surface area contributed by atoms with Crippen LogP contribution in [0.15, 0.2) is 63.9 Å². The summed E-state index contributed by atoms with van der Waals surface area (Å²) in [5, 5.41) is 4.57. The second kappa shape index (κ2) is 7.14. The highest BCUT2D eigenvalue weighted by molar-refractivity contribution is 8.00. The number of aromatic nitrogens is 4. The van der Waals surface area contributed by atoms with Gasteiger partial charge in [-0.25, -0.2) is 9.67 Å². The zero-order valence-corrected chi connectivity index (χ0v) is 16.3. The van der Waals surface area contributed by atoms with Crippen LogP contribution in [0.1, 0.15) is 11.3 Å². The van der Waals surface area contributed by atoms with Gasteiger partial charge in [0, 0.05) is 18.0 Å². The standard InChI is InChI=1S/C18H14N4OS3/c1-12-7-8-15-19-13(9-16(23)21(15)10-12)11-25-17-20-22(18(24)26-17)14-5-3-2-4-6-14/h2-10H,11H2,1H3. The molecule has 4 rings (SSSR count). The number of rotatable bonds is 4. The van der Waals surface area contributed by atoms with Crippen LogP contribution in [0.5, 0.6) is 0 Å². The Morgan fingerprint density at radius 1 is 1.19 bits per heavy atom. The molecule has 5 nitrogen and oxygen atoms in total. The van der Waals surface area contributed by atoms with E-state index in [4.69, 9.17) is 12.2 Å². The molecule has 0 saturated heterocycles. The molecule has 0 fully saturated rings. The van der Waals surface area contributed by atoms with E-state index in [1.54, 1.807) is 21.3 Å². The SMILES string of the molecule is Cc1ccc2nc(CSc3nn(-c4ccccc4)c(=S)s3)cc(=O)n2c1. The maximum atomic E-state index is 12.3. The first-order chi connectivity index (χ1) is 12.6. The van der Waals surface area contributed by atoms with Crippen molar-refractivity contribution in [1.29, 1.82) is 0 Å². The average molecular weight is 399 g/mol. The number of para-hydroxylation sites is 1. The molecule has 0 N–H and O–H groups in total. The van der Waals surface area contributed by atoms with Gasteiger partial charge < -0.3 is 0 Å². The number of benzene rings is 1. The lowest BCUT2D eigenvalue weighted by molar-refractivity contribution is 0.829. The predicted octanol–water partition coefficient (Wildman–Crippen LogP) is 4.27. The van der Waals surface area contributed by atoms with E-state index >= 15 is 0 Å². The minimum Gasteiger partial charge on any atom is -0.269 e. The summed E-state index contributed by atoms with van der Waals surface area (Å²) in [5.41, 5.74) is 3.28. The summed E-state index contributed by atoms with van der Waals surface area (Å²) in [6.45, 7) is 1.95. The number of hydrogen-bond donors (Lipinski definition) is 0. The molecule has 0 aliphatic carbocycles. The van der Waals surface area contributed by atoms with Crippen LogP contribution < -0.4 is 5.56 Å². The Bertz CT molecular complexity index is 1190. The van der Waals surface area contributed by atoms with E-state index < -0.39 is 0 Å². The van der Waals surface area contributed by atoms with Gasteiger partial charge in [-0.3, -0.25) is 9.20 Å². The first kappa shape index (κ1) is 17.1. The van der Waals surface area contributed by atoms with Crippen LogP contribution in [0.2, 0.25) is 0 Å². The molecule has 0 atom stereocenters. The number of pyridine rings is 1. The van der Waals surface area contributed by atoms with Crippen LogP contribution in [-0.2, 0) is 5.75 Å². The zero-order valence-electron chi connectivity index (χ0n) is 13.8. The van der Waals surface area contributed by atoms with Crippen LogP contribution in [0.25, 0.3) is 11.3 Å². The van der Waals surface area contributed by atoms with E-state index in [2.05, 4.69) is 10.1 Å². The Hall–Kier alpha value is -2.29. The number of aryl methyl sites for hydroxylation is 1. The molecule has 4 aromatic rings.